The Kier molecular flexibility index (Phi) is 6.48. The number of methoxy groups -OCH3 is 1. The minimum atomic E-state index is -0.749. The molecule has 188 valence electrons. The summed E-state index contributed by atoms with van der Waals surface area (Å²) in [5.74, 6) is -1.07. The number of hydrogen-bond acceptors (Lipinski definition) is 6. The van der Waals surface area contributed by atoms with Gasteiger partial charge in [0.2, 0.25) is 17.1 Å². The molecule has 2 heterocycles. The lowest BCUT2D eigenvalue weighted by Gasteiger charge is -2.17. The van der Waals surface area contributed by atoms with Gasteiger partial charge in [0.05, 0.1) is 18.4 Å². The van der Waals surface area contributed by atoms with Crippen LogP contribution in [0.4, 0.5) is 5.69 Å². The molecule has 5 rings (SSSR count). The molecule has 1 amide bonds. The van der Waals surface area contributed by atoms with Gasteiger partial charge in [-0.1, -0.05) is 17.7 Å². The zero-order valence-corrected chi connectivity index (χ0v) is 21.3. The highest BCUT2D eigenvalue weighted by Gasteiger charge is 2.37. The molecule has 1 unspecified atom stereocenters. The van der Waals surface area contributed by atoms with Crippen molar-refractivity contribution in [1.82, 2.24) is 0 Å². The fourth-order valence-electron chi connectivity index (χ4n) is 4.62. The fraction of sp³-hybridized carbons (Fsp3) is 0.207. The third kappa shape index (κ3) is 4.70. The van der Waals surface area contributed by atoms with Crippen LogP contribution in [0.25, 0.3) is 22.3 Å². The number of amides is 1. The van der Waals surface area contributed by atoms with Gasteiger partial charge in [-0.25, -0.2) is 0 Å². The molecule has 1 aliphatic rings. The zero-order valence-electron chi connectivity index (χ0n) is 20.5. The number of halogens is 1. The second kappa shape index (κ2) is 9.75. The number of aryl methyl sites for hydroxylation is 2. The van der Waals surface area contributed by atoms with Crippen LogP contribution in [-0.4, -0.2) is 25.5 Å². The van der Waals surface area contributed by atoms with Crippen molar-refractivity contribution in [2.24, 2.45) is 5.92 Å². The van der Waals surface area contributed by atoms with Gasteiger partial charge in [-0.05, 0) is 79.6 Å². The largest absolute Gasteiger partial charge is 0.497 e. The van der Waals surface area contributed by atoms with Crippen LogP contribution in [0.1, 0.15) is 17.5 Å². The minimum absolute atomic E-state index is 0.0313. The molecule has 0 radical (unpaired) electrons. The van der Waals surface area contributed by atoms with E-state index in [9.17, 15) is 14.4 Å². The normalized spacial score (nSPS) is 15.3. The molecule has 8 heteroatoms. The van der Waals surface area contributed by atoms with Crippen molar-refractivity contribution in [3.8, 4) is 22.8 Å². The van der Waals surface area contributed by atoms with E-state index in [1.807, 2.05) is 19.9 Å². The summed E-state index contributed by atoms with van der Waals surface area (Å²) in [7, 11) is 1.56. The average Bonchev–Trinajstić information content (AvgIpc) is 3.27. The molecule has 1 aromatic heterocycles. The number of fused-ring (bicyclic) bond motifs is 1. The second-order valence-electron chi connectivity index (χ2n) is 9.08. The maximum absolute atomic E-state index is 13.7. The predicted molar refractivity (Wildman–Crippen MR) is 141 cm³/mol. The lowest BCUT2D eigenvalue weighted by molar-refractivity contribution is -0.139. The summed E-state index contributed by atoms with van der Waals surface area (Å²) in [4.78, 5) is 41.1. The van der Waals surface area contributed by atoms with E-state index in [0.29, 0.717) is 38.6 Å². The summed E-state index contributed by atoms with van der Waals surface area (Å²) in [6.45, 7) is 3.86. The monoisotopic (exact) mass is 517 g/mol. The Morgan fingerprint density at radius 3 is 2.41 bits per heavy atom. The van der Waals surface area contributed by atoms with E-state index in [0.717, 1.165) is 5.56 Å². The van der Waals surface area contributed by atoms with Crippen LogP contribution >= 0.6 is 11.6 Å². The number of anilines is 1. The van der Waals surface area contributed by atoms with Crippen molar-refractivity contribution in [3.63, 3.8) is 0 Å². The van der Waals surface area contributed by atoms with Crippen molar-refractivity contribution >= 4 is 40.1 Å². The van der Waals surface area contributed by atoms with Gasteiger partial charge in [0.15, 0.2) is 5.76 Å². The van der Waals surface area contributed by atoms with Gasteiger partial charge in [0, 0.05) is 29.2 Å². The molecule has 1 aliphatic heterocycles. The highest BCUT2D eigenvalue weighted by molar-refractivity contribution is 6.30. The van der Waals surface area contributed by atoms with E-state index >= 15 is 0 Å². The number of esters is 1. The molecule has 0 N–H and O–H groups in total. The molecular weight excluding hydrogens is 494 g/mol. The van der Waals surface area contributed by atoms with Crippen LogP contribution in [0, 0.1) is 19.8 Å². The number of nitrogens with zero attached hydrogens (tertiary/aromatic N) is 1. The van der Waals surface area contributed by atoms with E-state index in [-0.39, 0.29) is 30.4 Å². The van der Waals surface area contributed by atoms with Gasteiger partial charge in [-0.15, -0.1) is 0 Å². The minimum Gasteiger partial charge on any atom is -0.497 e. The third-order valence-corrected chi connectivity index (χ3v) is 6.70. The molecule has 1 saturated heterocycles. The fourth-order valence-corrected chi connectivity index (χ4v) is 4.74. The Labute approximate surface area is 218 Å². The summed E-state index contributed by atoms with van der Waals surface area (Å²) < 4.78 is 17.1. The molecule has 7 nitrogen and oxygen atoms in total. The Balaban J connectivity index is 1.53. The molecule has 0 bridgehead atoms. The zero-order chi connectivity index (χ0) is 26.3. The van der Waals surface area contributed by atoms with Crippen molar-refractivity contribution in [1.29, 1.82) is 0 Å². The highest BCUT2D eigenvalue weighted by Crippen LogP contribution is 2.34. The smallest absolute Gasteiger partial charge is 0.316 e. The van der Waals surface area contributed by atoms with E-state index in [1.165, 1.54) is 4.90 Å². The van der Waals surface area contributed by atoms with Crippen LogP contribution < -0.4 is 19.8 Å². The summed E-state index contributed by atoms with van der Waals surface area (Å²) in [6.07, 6.45) is -0.0313. The van der Waals surface area contributed by atoms with E-state index in [1.54, 1.807) is 61.7 Å². The lowest BCUT2D eigenvalue weighted by Crippen LogP contribution is -2.28. The third-order valence-electron chi connectivity index (χ3n) is 6.45. The van der Waals surface area contributed by atoms with Gasteiger partial charge in [-0.3, -0.25) is 14.4 Å². The number of rotatable bonds is 5. The molecule has 0 aliphatic carbocycles. The summed E-state index contributed by atoms with van der Waals surface area (Å²) in [5.41, 5.74) is 2.79. The molecule has 0 saturated carbocycles. The van der Waals surface area contributed by atoms with Crippen LogP contribution in [-0.2, 0) is 9.59 Å². The number of benzene rings is 3. The predicted octanol–water partition coefficient (Wildman–Crippen LogP) is 5.70. The number of carbonyl (C=O) groups excluding carboxylic acids is 2. The second-order valence-corrected chi connectivity index (χ2v) is 9.51. The highest BCUT2D eigenvalue weighted by atomic mass is 35.5. The summed E-state index contributed by atoms with van der Waals surface area (Å²) in [6, 6.07) is 17.4. The molecule has 0 spiro atoms. The van der Waals surface area contributed by atoms with E-state index in [4.69, 9.17) is 25.5 Å². The topological polar surface area (TPSA) is 86.0 Å². The van der Waals surface area contributed by atoms with Crippen molar-refractivity contribution in [3.05, 3.63) is 87.0 Å². The number of hydrogen-bond donors (Lipinski definition) is 0. The maximum atomic E-state index is 13.7. The van der Waals surface area contributed by atoms with Gasteiger partial charge >= 0.3 is 5.97 Å². The first-order chi connectivity index (χ1) is 17.7. The lowest BCUT2D eigenvalue weighted by atomic mass is 10.0. The Morgan fingerprint density at radius 1 is 1.03 bits per heavy atom. The first-order valence-corrected chi connectivity index (χ1v) is 12.1. The Bertz CT molecular complexity index is 1570. The van der Waals surface area contributed by atoms with Crippen molar-refractivity contribution < 1.29 is 23.5 Å². The number of carbonyl (C=O) groups is 2. The SMILES string of the molecule is COc1ccc(-c2oc3cc(C)cc(C)c3c(=O)c2OC(=O)C2CC(=O)N(c3ccc(Cl)cc3)C2)cc1. The molecule has 1 atom stereocenters. The molecule has 1 fully saturated rings. The first kappa shape index (κ1) is 24.6. The van der Waals surface area contributed by atoms with Crippen LogP contribution in [0.3, 0.4) is 0 Å². The quantitative estimate of drug-likeness (QED) is 0.316. The van der Waals surface area contributed by atoms with Crippen LogP contribution in [0.15, 0.2) is 69.9 Å². The number of ether oxygens (including phenoxy) is 2. The molecule has 4 aromatic rings. The first-order valence-electron chi connectivity index (χ1n) is 11.7. The maximum Gasteiger partial charge on any atom is 0.316 e. The molecular formula is C29H24ClNO6. The van der Waals surface area contributed by atoms with E-state index in [2.05, 4.69) is 0 Å². The summed E-state index contributed by atoms with van der Waals surface area (Å²) >= 11 is 5.96. The van der Waals surface area contributed by atoms with Crippen molar-refractivity contribution in [2.75, 3.05) is 18.6 Å². The summed E-state index contributed by atoms with van der Waals surface area (Å²) in [5, 5.41) is 0.891. The van der Waals surface area contributed by atoms with Crippen LogP contribution in [0.2, 0.25) is 5.02 Å². The van der Waals surface area contributed by atoms with Crippen molar-refractivity contribution in [2.45, 2.75) is 20.3 Å². The standard InChI is InChI=1S/C29H24ClNO6/c1-16-12-17(2)25-23(13-16)36-27(18-4-10-22(35-3)11-5-18)28(26(25)33)37-29(34)19-14-24(32)31(15-19)21-8-6-20(30)7-9-21/h4-13,19H,14-15H2,1-3H3. The van der Waals surface area contributed by atoms with Gasteiger partial charge in [-0.2, -0.15) is 0 Å². The Hall–Kier alpha value is -4.10. The Morgan fingerprint density at radius 2 is 1.73 bits per heavy atom. The van der Waals surface area contributed by atoms with Gasteiger partial charge in [0.1, 0.15) is 11.3 Å². The molecule has 37 heavy (non-hydrogen) atoms. The van der Waals surface area contributed by atoms with Gasteiger partial charge < -0.3 is 18.8 Å². The average molecular weight is 518 g/mol. The van der Waals surface area contributed by atoms with E-state index < -0.39 is 17.3 Å². The van der Waals surface area contributed by atoms with Crippen LogP contribution in [0.5, 0.6) is 11.5 Å². The van der Waals surface area contributed by atoms with Gasteiger partial charge in [0.25, 0.3) is 0 Å². The molecule has 3 aromatic carbocycles.